The minimum atomic E-state index is -3.96. The van der Waals surface area contributed by atoms with E-state index in [1.807, 2.05) is 0 Å². The number of aromatic amines is 2. The summed E-state index contributed by atoms with van der Waals surface area (Å²) in [6.07, 6.45) is 0. The van der Waals surface area contributed by atoms with Crippen LogP contribution in [0.2, 0.25) is 0 Å². The highest BCUT2D eigenvalue weighted by molar-refractivity contribution is 7.92. The van der Waals surface area contributed by atoms with Crippen molar-refractivity contribution in [2.24, 2.45) is 0 Å². The average Bonchev–Trinajstić information content (AvgIpc) is 3.09. The number of amides is 1. The summed E-state index contributed by atoms with van der Waals surface area (Å²) in [4.78, 5) is 28.5. The number of aromatic nitrogens is 2. The average molecular weight is 444 g/mol. The molecular formula is C20H14F2N4O4S. The summed E-state index contributed by atoms with van der Waals surface area (Å²) < 4.78 is 54.2. The number of hydrogen-bond donors (Lipinski definition) is 4. The molecule has 0 atom stereocenters. The number of sulfonamides is 1. The molecule has 0 saturated heterocycles. The molecule has 0 fully saturated rings. The van der Waals surface area contributed by atoms with Crippen LogP contribution in [0, 0.1) is 11.6 Å². The monoisotopic (exact) mass is 444 g/mol. The lowest BCUT2D eigenvalue weighted by atomic mass is 10.2. The minimum absolute atomic E-state index is 0.0659. The first kappa shape index (κ1) is 20.3. The number of nitrogens with one attached hydrogen (secondary N) is 4. The number of hydrogen-bond acceptors (Lipinski definition) is 4. The number of anilines is 2. The first-order chi connectivity index (χ1) is 14.7. The highest BCUT2D eigenvalue weighted by Crippen LogP contribution is 2.20. The van der Waals surface area contributed by atoms with Gasteiger partial charge < -0.3 is 15.3 Å². The highest BCUT2D eigenvalue weighted by atomic mass is 32.2. The van der Waals surface area contributed by atoms with Gasteiger partial charge in [-0.05, 0) is 54.6 Å². The molecule has 0 aliphatic carbocycles. The predicted molar refractivity (Wildman–Crippen MR) is 110 cm³/mol. The Morgan fingerprint density at radius 1 is 0.871 bits per heavy atom. The summed E-state index contributed by atoms with van der Waals surface area (Å²) in [5.41, 5.74) is 0.497. The molecule has 4 aromatic rings. The number of halogens is 2. The Kier molecular flexibility index (Phi) is 5.03. The molecule has 0 spiro atoms. The molecule has 158 valence electrons. The van der Waals surface area contributed by atoms with Crippen LogP contribution in [0.4, 0.5) is 20.2 Å². The molecule has 1 amide bonds. The Labute approximate surface area is 174 Å². The van der Waals surface area contributed by atoms with Gasteiger partial charge in [-0.3, -0.25) is 9.52 Å². The molecule has 0 aliphatic heterocycles. The lowest BCUT2D eigenvalue weighted by molar-refractivity contribution is 0.102. The van der Waals surface area contributed by atoms with E-state index < -0.39 is 33.3 Å². The lowest BCUT2D eigenvalue weighted by Crippen LogP contribution is -2.14. The van der Waals surface area contributed by atoms with Gasteiger partial charge in [-0.2, -0.15) is 0 Å². The Morgan fingerprint density at radius 2 is 1.58 bits per heavy atom. The van der Waals surface area contributed by atoms with Crippen LogP contribution in [0.15, 0.2) is 70.4 Å². The van der Waals surface area contributed by atoms with Gasteiger partial charge in [0, 0.05) is 17.3 Å². The molecule has 31 heavy (non-hydrogen) atoms. The van der Waals surface area contributed by atoms with E-state index in [1.165, 1.54) is 42.5 Å². The number of benzene rings is 3. The van der Waals surface area contributed by atoms with Crippen LogP contribution in [0.1, 0.15) is 10.4 Å². The molecule has 0 aliphatic rings. The maximum Gasteiger partial charge on any atom is 0.323 e. The summed E-state index contributed by atoms with van der Waals surface area (Å²) in [7, 11) is -3.96. The summed E-state index contributed by atoms with van der Waals surface area (Å²) in [6.45, 7) is 0. The zero-order valence-corrected chi connectivity index (χ0v) is 16.4. The van der Waals surface area contributed by atoms with Crippen LogP contribution in [0.3, 0.4) is 0 Å². The van der Waals surface area contributed by atoms with Crippen molar-refractivity contribution in [2.75, 3.05) is 10.0 Å². The van der Waals surface area contributed by atoms with Crippen molar-refractivity contribution in [2.45, 2.75) is 4.90 Å². The number of carbonyl (C=O) groups is 1. The molecule has 0 unspecified atom stereocenters. The molecule has 11 heteroatoms. The summed E-state index contributed by atoms with van der Waals surface area (Å²) in [5.74, 6) is -2.34. The van der Waals surface area contributed by atoms with Gasteiger partial charge in [0.2, 0.25) is 0 Å². The van der Waals surface area contributed by atoms with Crippen molar-refractivity contribution in [1.29, 1.82) is 0 Å². The number of carbonyl (C=O) groups excluding carboxylic acids is 1. The quantitative estimate of drug-likeness (QED) is 0.377. The smallest absolute Gasteiger partial charge is 0.319 e. The third-order valence-corrected chi connectivity index (χ3v) is 5.76. The third-order valence-electron chi connectivity index (χ3n) is 4.38. The van der Waals surface area contributed by atoms with Crippen molar-refractivity contribution in [3.63, 3.8) is 0 Å². The van der Waals surface area contributed by atoms with E-state index in [-0.39, 0.29) is 21.8 Å². The van der Waals surface area contributed by atoms with Gasteiger partial charge in [-0.1, -0.05) is 0 Å². The Morgan fingerprint density at radius 3 is 2.29 bits per heavy atom. The van der Waals surface area contributed by atoms with Crippen molar-refractivity contribution in [3.8, 4) is 0 Å². The fourth-order valence-corrected chi connectivity index (χ4v) is 3.95. The van der Waals surface area contributed by atoms with Gasteiger partial charge in [-0.25, -0.2) is 22.0 Å². The lowest BCUT2D eigenvalue weighted by Gasteiger charge is -2.10. The van der Waals surface area contributed by atoms with E-state index in [0.717, 1.165) is 12.1 Å². The van der Waals surface area contributed by atoms with E-state index in [9.17, 15) is 26.8 Å². The number of rotatable bonds is 5. The molecule has 4 rings (SSSR count). The standard InChI is InChI=1S/C20H14F2N4O4S/c21-12-3-7-16(15(22)9-12)23-19(27)11-1-4-13(5-2-11)26-31(29,30)14-6-8-17-18(10-14)25-20(28)24-17/h1-10,26H,(H,23,27)(H2,24,25,28). The maximum atomic E-state index is 13.7. The Balaban J connectivity index is 1.50. The number of H-pyrrole nitrogens is 2. The van der Waals surface area contributed by atoms with Crippen LogP contribution >= 0.6 is 0 Å². The second-order valence-corrected chi connectivity index (χ2v) is 8.23. The van der Waals surface area contributed by atoms with Gasteiger partial charge >= 0.3 is 5.69 Å². The number of imidazole rings is 1. The Hall–Kier alpha value is -3.99. The molecule has 0 saturated carbocycles. The zero-order chi connectivity index (χ0) is 22.2. The molecule has 1 heterocycles. The van der Waals surface area contributed by atoms with Crippen LogP contribution < -0.4 is 15.7 Å². The van der Waals surface area contributed by atoms with Gasteiger partial charge in [0.05, 0.1) is 21.6 Å². The molecule has 0 radical (unpaired) electrons. The molecule has 0 bridgehead atoms. The second kappa shape index (κ2) is 7.69. The van der Waals surface area contributed by atoms with Crippen molar-refractivity contribution in [3.05, 3.63) is 88.3 Å². The van der Waals surface area contributed by atoms with Crippen LogP contribution in [-0.4, -0.2) is 24.3 Å². The van der Waals surface area contributed by atoms with Gasteiger partial charge in [-0.15, -0.1) is 0 Å². The zero-order valence-electron chi connectivity index (χ0n) is 15.6. The Bertz CT molecular complexity index is 1460. The third kappa shape index (κ3) is 4.31. The maximum absolute atomic E-state index is 13.7. The van der Waals surface area contributed by atoms with Crippen molar-refractivity contribution in [1.82, 2.24) is 9.97 Å². The van der Waals surface area contributed by atoms with Crippen LogP contribution in [0.5, 0.6) is 0 Å². The van der Waals surface area contributed by atoms with Gasteiger partial charge in [0.15, 0.2) is 0 Å². The minimum Gasteiger partial charge on any atom is -0.319 e. The molecule has 1 aromatic heterocycles. The summed E-state index contributed by atoms with van der Waals surface area (Å²) >= 11 is 0. The first-order valence-corrected chi connectivity index (χ1v) is 10.3. The molecule has 8 nitrogen and oxygen atoms in total. The van der Waals surface area contributed by atoms with Gasteiger partial charge in [0.25, 0.3) is 15.9 Å². The SMILES string of the molecule is O=C(Nc1ccc(F)cc1F)c1ccc(NS(=O)(=O)c2ccc3[nH]c(=O)[nH]c3c2)cc1. The normalized spacial score (nSPS) is 11.4. The van der Waals surface area contributed by atoms with E-state index in [4.69, 9.17) is 0 Å². The van der Waals surface area contributed by atoms with E-state index in [2.05, 4.69) is 20.0 Å². The fourth-order valence-electron chi connectivity index (χ4n) is 2.87. The summed E-state index contributed by atoms with van der Waals surface area (Å²) in [6, 6.07) is 12.3. The fraction of sp³-hybridized carbons (Fsp3) is 0. The summed E-state index contributed by atoms with van der Waals surface area (Å²) in [5, 5.41) is 2.32. The topological polar surface area (TPSA) is 124 Å². The molecular weight excluding hydrogens is 430 g/mol. The number of fused-ring (bicyclic) bond motifs is 1. The first-order valence-electron chi connectivity index (χ1n) is 8.83. The predicted octanol–water partition coefficient (Wildman–Crippen LogP) is 3.19. The molecule has 3 aromatic carbocycles. The highest BCUT2D eigenvalue weighted by Gasteiger charge is 2.16. The van der Waals surface area contributed by atoms with Gasteiger partial charge in [0.1, 0.15) is 11.6 Å². The molecule has 4 N–H and O–H groups in total. The van der Waals surface area contributed by atoms with Crippen LogP contribution in [-0.2, 0) is 10.0 Å². The van der Waals surface area contributed by atoms with E-state index in [0.29, 0.717) is 17.1 Å². The van der Waals surface area contributed by atoms with Crippen LogP contribution in [0.25, 0.3) is 11.0 Å². The van der Waals surface area contributed by atoms with Crippen molar-refractivity contribution >= 4 is 38.3 Å². The largest absolute Gasteiger partial charge is 0.323 e. The second-order valence-electron chi connectivity index (χ2n) is 6.55. The van der Waals surface area contributed by atoms with Crippen molar-refractivity contribution < 1.29 is 22.0 Å². The van der Waals surface area contributed by atoms with E-state index >= 15 is 0 Å². The van der Waals surface area contributed by atoms with E-state index in [1.54, 1.807) is 0 Å².